The lowest BCUT2D eigenvalue weighted by Crippen LogP contribution is -2.06. The molecule has 0 bridgehead atoms. The van der Waals surface area contributed by atoms with Gasteiger partial charge in [0.05, 0.1) is 0 Å². The summed E-state index contributed by atoms with van der Waals surface area (Å²) in [7, 11) is 0. The highest BCUT2D eigenvalue weighted by Crippen LogP contribution is 2.15. The number of carbonyl (C=O) groups excluding carboxylic acids is 2. The van der Waals surface area contributed by atoms with E-state index in [1.807, 2.05) is 48.5 Å². The van der Waals surface area contributed by atoms with Gasteiger partial charge in [-0.1, -0.05) is 76.2 Å². The Morgan fingerprint density at radius 3 is 1.19 bits per heavy atom. The lowest BCUT2D eigenvalue weighted by molar-refractivity contribution is 0.0917. The van der Waals surface area contributed by atoms with Gasteiger partial charge in [0.15, 0.2) is 11.6 Å². The highest BCUT2D eigenvalue weighted by atomic mass is 16.1. The van der Waals surface area contributed by atoms with Crippen molar-refractivity contribution in [3.05, 3.63) is 70.8 Å². The molecule has 0 aromatic heterocycles. The van der Waals surface area contributed by atoms with E-state index in [1.54, 1.807) is 0 Å². The maximum atomic E-state index is 12.3. The highest BCUT2D eigenvalue weighted by Gasteiger charge is 2.11. The SMILES string of the molecule is CC(C)Cc1ccc(C(=O)CCC(=O)c2ccc(CC(C)C)cc2)cc1. The molecule has 0 aliphatic heterocycles. The highest BCUT2D eigenvalue weighted by molar-refractivity contribution is 6.02. The minimum absolute atomic E-state index is 0.0332. The van der Waals surface area contributed by atoms with E-state index in [4.69, 9.17) is 0 Å². The molecule has 2 aromatic carbocycles. The predicted molar refractivity (Wildman–Crippen MR) is 108 cm³/mol. The van der Waals surface area contributed by atoms with Crippen molar-refractivity contribution < 1.29 is 9.59 Å². The fraction of sp³-hybridized carbons (Fsp3) is 0.417. The topological polar surface area (TPSA) is 34.1 Å². The van der Waals surface area contributed by atoms with Crippen molar-refractivity contribution in [1.29, 1.82) is 0 Å². The Morgan fingerprint density at radius 2 is 0.923 bits per heavy atom. The molecule has 0 spiro atoms. The molecule has 0 saturated carbocycles. The fourth-order valence-electron chi connectivity index (χ4n) is 3.11. The van der Waals surface area contributed by atoms with Crippen molar-refractivity contribution in [2.75, 3.05) is 0 Å². The summed E-state index contributed by atoms with van der Waals surface area (Å²) in [5.41, 5.74) is 3.87. The molecule has 0 amide bonds. The molecule has 0 aliphatic carbocycles. The molecule has 0 aliphatic rings. The van der Waals surface area contributed by atoms with E-state index in [0.29, 0.717) is 23.0 Å². The quantitative estimate of drug-likeness (QED) is 0.525. The van der Waals surface area contributed by atoms with Crippen LogP contribution >= 0.6 is 0 Å². The lowest BCUT2D eigenvalue weighted by Gasteiger charge is -2.07. The Hall–Kier alpha value is -2.22. The van der Waals surface area contributed by atoms with Crippen LogP contribution in [0.1, 0.15) is 72.4 Å². The summed E-state index contributed by atoms with van der Waals surface area (Å²) in [5.74, 6) is 1.26. The van der Waals surface area contributed by atoms with Crippen LogP contribution in [0.5, 0.6) is 0 Å². The number of Topliss-reactive ketones (excluding diaryl/α,β-unsaturated/α-hetero) is 2. The van der Waals surface area contributed by atoms with E-state index < -0.39 is 0 Å². The Balaban J connectivity index is 1.89. The monoisotopic (exact) mass is 350 g/mol. The van der Waals surface area contributed by atoms with Crippen LogP contribution in [0.15, 0.2) is 48.5 Å². The summed E-state index contributed by atoms with van der Waals surface area (Å²) in [5, 5.41) is 0. The normalized spacial score (nSPS) is 11.2. The van der Waals surface area contributed by atoms with Gasteiger partial charge < -0.3 is 0 Å². The number of carbonyl (C=O) groups is 2. The maximum absolute atomic E-state index is 12.3. The first-order valence-corrected chi connectivity index (χ1v) is 9.59. The Bertz CT molecular complexity index is 656. The van der Waals surface area contributed by atoms with Crippen molar-refractivity contribution in [2.45, 2.75) is 53.4 Å². The molecule has 0 saturated heterocycles. The molecule has 2 nitrogen and oxygen atoms in total. The minimum Gasteiger partial charge on any atom is -0.294 e. The van der Waals surface area contributed by atoms with Gasteiger partial charge in [0, 0.05) is 24.0 Å². The molecule has 0 radical (unpaired) electrons. The van der Waals surface area contributed by atoms with Gasteiger partial charge in [0.25, 0.3) is 0 Å². The molecule has 0 N–H and O–H groups in total. The van der Waals surface area contributed by atoms with Crippen LogP contribution in [-0.2, 0) is 12.8 Å². The summed E-state index contributed by atoms with van der Waals surface area (Å²) in [6, 6.07) is 15.6. The van der Waals surface area contributed by atoms with Crippen molar-refractivity contribution in [1.82, 2.24) is 0 Å². The van der Waals surface area contributed by atoms with Gasteiger partial charge in [-0.3, -0.25) is 9.59 Å². The minimum atomic E-state index is 0.0332. The van der Waals surface area contributed by atoms with Crippen LogP contribution in [0, 0.1) is 11.8 Å². The summed E-state index contributed by atoms with van der Waals surface area (Å²) in [4.78, 5) is 24.7. The van der Waals surface area contributed by atoms with E-state index in [-0.39, 0.29) is 24.4 Å². The molecule has 2 rings (SSSR count). The lowest BCUT2D eigenvalue weighted by atomic mass is 9.97. The standard InChI is InChI=1S/C24H30O2/c1-17(2)15-19-5-9-21(10-6-19)23(25)13-14-24(26)22-11-7-20(8-12-22)16-18(3)4/h5-12,17-18H,13-16H2,1-4H3. The molecule has 2 heteroatoms. The number of hydrogen-bond donors (Lipinski definition) is 0. The van der Waals surface area contributed by atoms with E-state index >= 15 is 0 Å². The van der Waals surface area contributed by atoms with E-state index in [9.17, 15) is 9.59 Å². The maximum Gasteiger partial charge on any atom is 0.163 e. The summed E-state index contributed by atoms with van der Waals surface area (Å²) in [6.45, 7) is 8.72. The molecular weight excluding hydrogens is 320 g/mol. The molecular formula is C24H30O2. The smallest absolute Gasteiger partial charge is 0.163 e. The third kappa shape index (κ3) is 6.25. The Labute approximate surface area is 157 Å². The van der Waals surface area contributed by atoms with Crippen LogP contribution in [0.25, 0.3) is 0 Å². The van der Waals surface area contributed by atoms with Gasteiger partial charge in [-0.25, -0.2) is 0 Å². The van der Waals surface area contributed by atoms with Crippen LogP contribution in [0.2, 0.25) is 0 Å². The second-order valence-corrected chi connectivity index (χ2v) is 7.94. The molecule has 0 unspecified atom stereocenters. The summed E-state index contributed by atoms with van der Waals surface area (Å²) >= 11 is 0. The van der Waals surface area contributed by atoms with Crippen molar-refractivity contribution in [2.24, 2.45) is 11.8 Å². The largest absolute Gasteiger partial charge is 0.294 e. The van der Waals surface area contributed by atoms with Crippen LogP contribution in [-0.4, -0.2) is 11.6 Å². The number of ketones is 2. The average Bonchev–Trinajstić information content (AvgIpc) is 2.59. The predicted octanol–water partition coefficient (Wildman–Crippen LogP) is 5.93. The summed E-state index contributed by atoms with van der Waals surface area (Å²) in [6.07, 6.45) is 2.55. The van der Waals surface area contributed by atoms with Crippen LogP contribution in [0.3, 0.4) is 0 Å². The first kappa shape index (κ1) is 20.1. The molecule has 0 atom stereocenters. The Morgan fingerprint density at radius 1 is 0.615 bits per heavy atom. The molecule has 138 valence electrons. The molecule has 2 aromatic rings. The first-order chi connectivity index (χ1) is 12.3. The van der Waals surface area contributed by atoms with Crippen molar-refractivity contribution >= 4 is 11.6 Å². The zero-order valence-corrected chi connectivity index (χ0v) is 16.4. The van der Waals surface area contributed by atoms with Crippen molar-refractivity contribution in [3.8, 4) is 0 Å². The summed E-state index contributed by atoms with van der Waals surface area (Å²) < 4.78 is 0. The second-order valence-electron chi connectivity index (χ2n) is 7.94. The van der Waals surface area contributed by atoms with Gasteiger partial charge in [0.2, 0.25) is 0 Å². The molecule has 26 heavy (non-hydrogen) atoms. The fourth-order valence-corrected chi connectivity index (χ4v) is 3.11. The zero-order valence-electron chi connectivity index (χ0n) is 16.4. The van der Waals surface area contributed by atoms with Crippen LogP contribution in [0.4, 0.5) is 0 Å². The van der Waals surface area contributed by atoms with E-state index in [0.717, 1.165) is 12.8 Å². The first-order valence-electron chi connectivity index (χ1n) is 9.59. The van der Waals surface area contributed by atoms with Gasteiger partial charge >= 0.3 is 0 Å². The zero-order chi connectivity index (χ0) is 19.1. The van der Waals surface area contributed by atoms with Crippen molar-refractivity contribution in [3.63, 3.8) is 0 Å². The van der Waals surface area contributed by atoms with Gasteiger partial charge in [-0.05, 0) is 35.8 Å². The van der Waals surface area contributed by atoms with E-state index in [1.165, 1.54) is 11.1 Å². The number of benzene rings is 2. The second kappa shape index (κ2) is 9.47. The number of hydrogen-bond acceptors (Lipinski definition) is 2. The van der Waals surface area contributed by atoms with Gasteiger partial charge in [-0.2, -0.15) is 0 Å². The molecule has 0 fully saturated rings. The molecule has 0 heterocycles. The van der Waals surface area contributed by atoms with Gasteiger partial charge in [0.1, 0.15) is 0 Å². The average molecular weight is 351 g/mol. The third-order valence-electron chi connectivity index (χ3n) is 4.42. The third-order valence-corrected chi connectivity index (χ3v) is 4.42. The number of rotatable bonds is 9. The van der Waals surface area contributed by atoms with E-state index in [2.05, 4.69) is 27.7 Å². The van der Waals surface area contributed by atoms with Gasteiger partial charge in [-0.15, -0.1) is 0 Å². The van der Waals surface area contributed by atoms with Crippen LogP contribution < -0.4 is 0 Å². The Kier molecular flexibility index (Phi) is 7.32.